The second kappa shape index (κ2) is 5.60. The highest BCUT2D eigenvalue weighted by molar-refractivity contribution is 5.84. The lowest BCUT2D eigenvalue weighted by atomic mass is 9.86. The summed E-state index contributed by atoms with van der Waals surface area (Å²) in [7, 11) is 0. The van der Waals surface area contributed by atoms with Crippen LogP contribution in [-0.4, -0.2) is 29.1 Å². The fourth-order valence-electron chi connectivity index (χ4n) is 3.60. The maximum atomic E-state index is 12.5. The summed E-state index contributed by atoms with van der Waals surface area (Å²) in [5.74, 6) is 1.69. The van der Waals surface area contributed by atoms with Crippen LogP contribution in [0.25, 0.3) is 0 Å². The van der Waals surface area contributed by atoms with Gasteiger partial charge in [-0.15, -0.1) is 0 Å². The van der Waals surface area contributed by atoms with Crippen molar-refractivity contribution in [2.45, 2.75) is 78.0 Å². The van der Waals surface area contributed by atoms with Gasteiger partial charge in [0.2, 0.25) is 5.91 Å². The molecule has 3 heteroatoms. The molecule has 1 amide bonds. The largest absolute Gasteiger partial charge is 0.323 e. The minimum absolute atomic E-state index is 0.0530. The van der Waals surface area contributed by atoms with Crippen LogP contribution in [0.5, 0.6) is 0 Å². The number of nitrogens with one attached hydrogen (secondary N) is 1. The van der Waals surface area contributed by atoms with Crippen molar-refractivity contribution >= 4 is 5.91 Å². The molecule has 4 unspecified atom stereocenters. The zero-order chi connectivity index (χ0) is 13.3. The molecular weight excluding hydrogens is 224 g/mol. The molecule has 0 bridgehead atoms. The molecule has 1 aliphatic heterocycles. The van der Waals surface area contributed by atoms with Crippen LogP contribution in [-0.2, 0) is 4.79 Å². The number of rotatable bonds is 3. The Morgan fingerprint density at radius 1 is 1.33 bits per heavy atom. The van der Waals surface area contributed by atoms with Gasteiger partial charge in [0.25, 0.3) is 0 Å². The molecule has 3 nitrogen and oxygen atoms in total. The Balaban J connectivity index is 2.01. The van der Waals surface area contributed by atoms with Gasteiger partial charge in [-0.25, -0.2) is 0 Å². The summed E-state index contributed by atoms with van der Waals surface area (Å²) in [5.41, 5.74) is 0. The first-order valence-electron chi connectivity index (χ1n) is 7.57. The molecule has 0 aromatic heterocycles. The van der Waals surface area contributed by atoms with E-state index >= 15 is 0 Å². The molecule has 1 N–H and O–H groups in total. The first-order valence-corrected chi connectivity index (χ1v) is 7.57. The van der Waals surface area contributed by atoms with Crippen LogP contribution in [0.1, 0.15) is 59.8 Å². The lowest BCUT2D eigenvalue weighted by Crippen LogP contribution is -2.45. The van der Waals surface area contributed by atoms with Gasteiger partial charge in [-0.1, -0.05) is 33.6 Å². The maximum Gasteiger partial charge on any atom is 0.241 e. The van der Waals surface area contributed by atoms with Crippen LogP contribution in [0.2, 0.25) is 0 Å². The Morgan fingerprint density at radius 2 is 2.06 bits per heavy atom. The molecule has 1 aliphatic carbocycles. The first-order chi connectivity index (χ1) is 8.49. The van der Waals surface area contributed by atoms with Gasteiger partial charge in [-0.05, 0) is 38.0 Å². The fraction of sp³-hybridized carbons (Fsp3) is 0.933. The number of amides is 1. The molecule has 2 rings (SSSR count). The zero-order valence-corrected chi connectivity index (χ0v) is 12.3. The average molecular weight is 252 g/mol. The summed E-state index contributed by atoms with van der Waals surface area (Å²) in [6.45, 7) is 8.82. The van der Waals surface area contributed by atoms with Crippen molar-refractivity contribution in [1.29, 1.82) is 0 Å². The predicted molar refractivity (Wildman–Crippen MR) is 74.1 cm³/mol. The van der Waals surface area contributed by atoms with Gasteiger partial charge in [0.1, 0.15) is 0 Å². The van der Waals surface area contributed by atoms with Gasteiger partial charge in [0, 0.05) is 6.04 Å². The SMILES string of the molecule is CC(C)CC1NC(C)N(C2CCCC(C)C2)C1=O. The standard InChI is InChI=1S/C15H28N2O/c1-10(2)8-14-15(18)17(12(4)16-14)13-7-5-6-11(3)9-13/h10-14,16H,5-9H2,1-4H3. The lowest BCUT2D eigenvalue weighted by Gasteiger charge is -2.36. The van der Waals surface area contributed by atoms with Crippen molar-refractivity contribution in [3.63, 3.8) is 0 Å². The number of hydrogen-bond donors (Lipinski definition) is 1. The van der Waals surface area contributed by atoms with Crippen molar-refractivity contribution < 1.29 is 4.79 Å². The molecule has 0 spiro atoms. The van der Waals surface area contributed by atoms with Gasteiger partial charge in [-0.3, -0.25) is 10.1 Å². The van der Waals surface area contributed by atoms with Crippen molar-refractivity contribution in [1.82, 2.24) is 10.2 Å². The molecule has 104 valence electrons. The minimum atomic E-state index is 0.0530. The number of carbonyl (C=O) groups is 1. The van der Waals surface area contributed by atoms with Crippen LogP contribution < -0.4 is 5.32 Å². The van der Waals surface area contributed by atoms with E-state index in [4.69, 9.17) is 0 Å². The zero-order valence-electron chi connectivity index (χ0n) is 12.3. The third-order valence-corrected chi connectivity index (χ3v) is 4.42. The Kier molecular flexibility index (Phi) is 4.31. The summed E-state index contributed by atoms with van der Waals surface area (Å²) in [6, 6.07) is 0.526. The second-order valence-electron chi connectivity index (χ2n) is 6.70. The van der Waals surface area contributed by atoms with E-state index in [0.717, 1.165) is 12.3 Å². The topological polar surface area (TPSA) is 32.3 Å². The van der Waals surface area contributed by atoms with Gasteiger partial charge in [0.15, 0.2) is 0 Å². The van der Waals surface area contributed by atoms with E-state index in [1.807, 2.05) is 0 Å². The van der Waals surface area contributed by atoms with E-state index in [1.54, 1.807) is 0 Å². The fourth-order valence-corrected chi connectivity index (χ4v) is 3.60. The van der Waals surface area contributed by atoms with Crippen LogP contribution >= 0.6 is 0 Å². The number of hydrogen-bond acceptors (Lipinski definition) is 2. The summed E-state index contributed by atoms with van der Waals surface area (Å²) in [6.07, 6.45) is 6.16. The van der Waals surface area contributed by atoms with E-state index in [1.165, 1.54) is 25.7 Å². The molecule has 1 saturated carbocycles. The van der Waals surface area contributed by atoms with Crippen molar-refractivity contribution in [3.8, 4) is 0 Å². The third-order valence-electron chi connectivity index (χ3n) is 4.42. The van der Waals surface area contributed by atoms with Crippen LogP contribution in [0.4, 0.5) is 0 Å². The molecule has 0 radical (unpaired) electrons. The summed E-state index contributed by atoms with van der Waals surface area (Å²) in [5, 5.41) is 3.47. The van der Waals surface area contributed by atoms with Crippen molar-refractivity contribution in [2.75, 3.05) is 0 Å². The summed E-state index contributed by atoms with van der Waals surface area (Å²) < 4.78 is 0. The van der Waals surface area contributed by atoms with E-state index in [0.29, 0.717) is 17.9 Å². The highest BCUT2D eigenvalue weighted by Gasteiger charge is 2.41. The molecule has 2 fully saturated rings. The number of carbonyl (C=O) groups excluding carboxylic acids is 1. The molecule has 1 saturated heterocycles. The quantitative estimate of drug-likeness (QED) is 0.837. The predicted octanol–water partition coefficient (Wildman–Crippen LogP) is 2.76. The second-order valence-corrected chi connectivity index (χ2v) is 6.70. The monoisotopic (exact) mass is 252 g/mol. The van der Waals surface area contributed by atoms with Crippen molar-refractivity contribution in [2.24, 2.45) is 11.8 Å². The minimum Gasteiger partial charge on any atom is -0.323 e. The molecular formula is C15H28N2O. The highest BCUT2D eigenvalue weighted by atomic mass is 16.2. The van der Waals surface area contributed by atoms with Crippen LogP contribution in [0.15, 0.2) is 0 Å². The van der Waals surface area contributed by atoms with Crippen LogP contribution in [0, 0.1) is 11.8 Å². The lowest BCUT2D eigenvalue weighted by molar-refractivity contribution is -0.133. The molecule has 18 heavy (non-hydrogen) atoms. The van der Waals surface area contributed by atoms with E-state index in [2.05, 4.69) is 37.9 Å². The van der Waals surface area contributed by atoms with Gasteiger partial charge >= 0.3 is 0 Å². The molecule has 1 heterocycles. The smallest absolute Gasteiger partial charge is 0.241 e. The highest BCUT2D eigenvalue weighted by Crippen LogP contribution is 2.31. The Labute approximate surface area is 111 Å². The maximum absolute atomic E-state index is 12.5. The average Bonchev–Trinajstić information content (AvgIpc) is 2.53. The molecule has 2 aliphatic rings. The first kappa shape index (κ1) is 13.9. The van der Waals surface area contributed by atoms with E-state index in [-0.39, 0.29) is 12.2 Å². The molecule has 4 atom stereocenters. The van der Waals surface area contributed by atoms with Crippen molar-refractivity contribution in [3.05, 3.63) is 0 Å². The van der Waals surface area contributed by atoms with E-state index < -0.39 is 0 Å². The van der Waals surface area contributed by atoms with Gasteiger partial charge in [-0.2, -0.15) is 0 Å². The molecule has 0 aromatic rings. The Hall–Kier alpha value is -0.570. The Bertz CT molecular complexity index is 303. The normalized spacial score (nSPS) is 37.6. The number of nitrogens with zero attached hydrogens (tertiary/aromatic N) is 1. The van der Waals surface area contributed by atoms with Gasteiger partial charge in [0.05, 0.1) is 12.2 Å². The van der Waals surface area contributed by atoms with E-state index in [9.17, 15) is 4.79 Å². The molecule has 0 aromatic carbocycles. The van der Waals surface area contributed by atoms with Crippen LogP contribution in [0.3, 0.4) is 0 Å². The Morgan fingerprint density at radius 3 is 2.67 bits per heavy atom. The third kappa shape index (κ3) is 2.87. The summed E-state index contributed by atoms with van der Waals surface area (Å²) >= 11 is 0. The summed E-state index contributed by atoms with van der Waals surface area (Å²) in [4.78, 5) is 14.7. The van der Waals surface area contributed by atoms with Gasteiger partial charge < -0.3 is 4.90 Å².